The van der Waals surface area contributed by atoms with Crippen molar-refractivity contribution in [1.82, 2.24) is 10.3 Å². The van der Waals surface area contributed by atoms with Gasteiger partial charge < -0.3 is 15.4 Å². The van der Waals surface area contributed by atoms with Gasteiger partial charge in [-0.25, -0.2) is 0 Å². The maximum atomic E-state index is 12.4. The van der Waals surface area contributed by atoms with E-state index < -0.39 is 5.60 Å². The number of rotatable bonds is 5. The third-order valence-corrected chi connectivity index (χ3v) is 5.36. The van der Waals surface area contributed by atoms with Crippen molar-refractivity contribution in [3.8, 4) is 0 Å². The lowest BCUT2D eigenvalue weighted by Gasteiger charge is -2.22. The van der Waals surface area contributed by atoms with Gasteiger partial charge in [0.15, 0.2) is 0 Å². The topological polar surface area (TPSA) is 65.1 Å². The number of nitrogens with one attached hydrogen (secondary N) is 2. The summed E-state index contributed by atoms with van der Waals surface area (Å²) < 4.78 is 0. The van der Waals surface area contributed by atoms with Crippen molar-refractivity contribution in [1.29, 1.82) is 0 Å². The smallest absolute Gasteiger partial charge is 0.251 e. The molecule has 0 saturated carbocycles. The maximum absolute atomic E-state index is 12.4. The van der Waals surface area contributed by atoms with Crippen LogP contribution in [0.5, 0.6) is 0 Å². The lowest BCUT2D eigenvalue weighted by Crippen LogP contribution is -2.42. The molecule has 0 fully saturated rings. The number of aryl methyl sites for hydroxylation is 2. The molecule has 3 N–H and O–H groups in total. The van der Waals surface area contributed by atoms with Gasteiger partial charge in [-0.1, -0.05) is 0 Å². The van der Waals surface area contributed by atoms with Crippen LogP contribution < -0.4 is 5.32 Å². The molecule has 5 heteroatoms. The fraction of sp³-hybridized carbons (Fsp3) is 0.500. The highest BCUT2D eigenvalue weighted by Gasteiger charge is 2.21. The van der Waals surface area contributed by atoms with Crippen molar-refractivity contribution < 1.29 is 9.90 Å². The van der Waals surface area contributed by atoms with Gasteiger partial charge in [0.05, 0.1) is 5.60 Å². The van der Waals surface area contributed by atoms with E-state index >= 15 is 0 Å². The van der Waals surface area contributed by atoms with Crippen LogP contribution in [0.15, 0.2) is 18.2 Å². The van der Waals surface area contributed by atoms with E-state index in [9.17, 15) is 9.90 Å². The standard InChI is InChI=1S/C18H24N2O2S/c1-18(22,11-23-2)10-19-17(21)12-7-8-16-14(9-12)13-5-3-4-6-15(13)20-16/h7-9,20,22H,3-6,10-11H2,1-2H3,(H,19,21). The van der Waals surface area contributed by atoms with E-state index in [0.29, 0.717) is 11.3 Å². The van der Waals surface area contributed by atoms with Crippen molar-refractivity contribution in [2.45, 2.75) is 38.2 Å². The van der Waals surface area contributed by atoms with E-state index in [1.54, 1.807) is 18.7 Å². The molecule has 0 bridgehead atoms. The van der Waals surface area contributed by atoms with Gasteiger partial charge in [0.1, 0.15) is 0 Å². The van der Waals surface area contributed by atoms with Crippen LogP contribution in [0.1, 0.15) is 41.4 Å². The Bertz CT molecular complexity index is 721. The van der Waals surface area contributed by atoms with E-state index in [-0.39, 0.29) is 12.5 Å². The van der Waals surface area contributed by atoms with Crippen LogP contribution in [0.4, 0.5) is 0 Å². The number of H-pyrrole nitrogens is 1. The Morgan fingerprint density at radius 2 is 2.17 bits per heavy atom. The zero-order chi connectivity index (χ0) is 16.4. The molecule has 1 unspecified atom stereocenters. The fourth-order valence-electron chi connectivity index (χ4n) is 3.28. The number of amides is 1. The van der Waals surface area contributed by atoms with Gasteiger partial charge >= 0.3 is 0 Å². The summed E-state index contributed by atoms with van der Waals surface area (Å²) in [7, 11) is 0. The molecule has 0 radical (unpaired) electrons. The molecule has 0 aliphatic heterocycles. The Hall–Kier alpha value is -1.46. The summed E-state index contributed by atoms with van der Waals surface area (Å²) >= 11 is 1.57. The summed E-state index contributed by atoms with van der Waals surface area (Å²) in [5.74, 6) is 0.469. The van der Waals surface area contributed by atoms with Gasteiger partial charge in [0.2, 0.25) is 0 Å². The number of thioether (sulfide) groups is 1. The average Bonchev–Trinajstić information content (AvgIpc) is 2.90. The number of carbonyl (C=O) groups is 1. The molecule has 1 aliphatic rings. The van der Waals surface area contributed by atoms with Gasteiger partial charge in [-0.3, -0.25) is 4.79 Å². The number of hydrogen-bond acceptors (Lipinski definition) is 3. The lowest BCUT2D eigenvalue weighted by molar-refractivity contribution is 0.0725. The summed E-state index contributed by atoms with van der Waals surface area (Å²) in [4.78, 5) is 15.9. The number of aromatic amines is 1. The second-order valence-corrected chi connectivity index (χ2v) is 7.53. The highest BCUT2D eigenvalue weighted by molar-refractivity contribution is 7.98. The SMILES string of the molecule is CSCC(C)(O)CNC(=O)c1ccc2[nH]c3c(c2c1)CCCC3. The molecule has 1 aromatic heterocycles. The molecule has 0 saturated heterocycles. The van der Waals surface area contributed by atoms with Gasteiger partial charge in [-0.15, -0.1) is 0 Å². The molecule has 4 nitrogen and oxygen atoms in total. The third-order valence-electron chi connectivity index (χ3n) is 4.45. The first kappa shape index (κ1) is 16.4. The molecule has 1 amide bonds. The molecule has 1 aliphatic carbocycles. The van der Waals surface area contributed by atoms with E-state index in [4.69, 9.17) is 0 Å². The van der Waals surface area contributed by atoms with Crippen LogP contribution in [0, 0.1) is 0 Å². The van der Waals surface area contributed by atoms with Crippen LogP contribution in [0.2, 0.25) is 0 Å². The summed E-state index contributed by atoms with van der Waals surface area (Å²) in [6.07, 6.45) is 6.58. The van der Waals surface area contributed by atoms with Crippen LogP contribution in [0.25, 0.3) is 10.9 Å². The van der Waals surface area contributed by atoms with E-state index in [1.165, 1.54) is 29.5 Å². The van der Waals surface area contributed by atoms with Crippen molar-refractivity contribution in [2.75, 3.05) is 18.6 Å². The zero-order valence-corrected chi connectivity index (χ0v) is 14.6. The lowest BCUT2D eigenvalue weighted by atomic mass is 9.95. The van der Waals surface area contributed by atoms with Crippen molar-refractivity contribution in [3.05, 3.63) is 35.0 Å². The number of carbonyl (C=O) groups excluding carboxylic acids is 1. The monoisotopic (exact) mass is 332 g/mol. The summed E-state index contributed by atoms with van der Waals surface area (Å²) in [6, 6.07) is 5.82. The van der Waals surface area contributed by atoms with Gasteiger partial charge in [0.25, 0.3) is 5.91 Å². The van der Waals surface area contributed by atoms with Gasteiger partial charge in [0, 0.05) is 34.5 Å². The van der Waals surface area contributed by atoms with Crippen LogP contribution in [0.3, 0.4) is 0 Å². The minimum Gasteiger partial charge on any atom is -0.387 e. The average molecular weight is 332 g/mol. The molecule has 0 spiro atoms. The Labute approximate surface area is 141 Å². The maximum Gasteiger partial charge on any atom is 0.251 e. The van der Waals surface area contributed by atoms with Gasteiger partial charge in [-0.05, 0) is 62.6 Å². The second-order valence-electron chi connectivity index (χ2n) is 6.66. The first-order valence-corrected chi connectivity index (χ1v) is 9.52. The summed E-state index contributed by atoms with van der Waals surface area (Å²) in [6.45, 7) is 2.01. The molecule has 2 aromatic rings. The molecule has 1 atom stereocenters. The zero-order valence-electron chi connectivity index (χ0n) is 13.7. The predicted octanol–water partition coefficient (Wildman–Crippen LogP) is 2.89. The number of aliphatic hydroxyl groups is 1. The summed E-state index contributed by atoms with van der Waals surface area (Å²) in [5, 5.41) is 14.2. The minimum absolute atomic E-state index is 0.126. The van der Waals surface area contributed by atoms with E-state index in [2.05, 4.69) is 10.3 Å². The van der Waals surface area contributed by atoms with Crippen molar-refractivity contribution in [2.24, 2.45) is 0 Å². The van der Waals surface area contributed by atoms with Gasteiger partial charge in [-0.2, -0.15) is 11.8 Å². The number of benzene rings is 1. The molecule has 1 aromatic carbocycles. The second kappa shape index (κ2) is 6.57. The molecule has 124 valence electrons. The third kappa shape index (κ3) is 3.56. The normalized spacial score (nSPS) is 16.8. The van der Waals surface area contributed by atoms with Crippen LogP contribution in [-0.2, 0) is 12.8 Å². The predicted molar refractivity (Wildman–Crippen MR) is 96.3 cm³/mol. The number of fused-ring (bicyclic) bond motifs is 3. The van der Waals surface area contributed by atoms with Crippen LogP contribution >= 0.6 is 11.8 Å². The first-order valence-electron chi connectivity index (χ1n) is 8.13. The fourth-order valence-corrected chi connectivity index (χ4v) is 4.01. The first-order chi connectivity index (χ1) is 11.0. The van der Waals surface area contributed by atoms with E-state index in [0.717, 1.165) is 18.4 Å². The Morgan fingerprint density at radius 1 is 1.39 bits per heavy atom. The quantitative estimate of drug-likeness (QED) is 0.789. The van der Waals surface area contributed by atoms with Crippen molar-refractivity contribution in [3.63, 3.8) is 0 Å². The molecular weight excluding hydrogens is 308 g/mol. The largest absolute Gasteiger partial charge is 0.387 e. The number of aromatic nitrogens is 1. The summed E-state index contributed by atoms with van der Waals surface area (Å²) in [5.41, 5.74) is 3.58. The molecule has 23 heavy (non-hydrogen) atoms. The van der Waals surface area contributed by atoms with Crippen LogP contribution in [-0.4, -0.2) is 40.2 Å². The molecule has 1 heterocycles. The minimum atomic E-state index is -0.883. The molecule has 3 rings (SSSR count). The van der Waals surface area contributed by atoms with Crippen molar-refractivity contribution >= 4 is 28.6 Å². The Kier molecular flexibility index (Phi) is 4.69. The number of hydrogen-bond donors (Lipinski definition) is 3. The highest BCUT2D eigenvalue weighted by atomic mass is 32.2. The van der Waals surface area contributed by atoms with E-state index in [1.807, 2.05) is 24.5 Å². The Balaban J connectivity index is 1.78. The molecular formula is C18H24N2O2S. The highest BCUT2D eigenvalue weighted by Crippen LogP contribution is 2.29. The Morgan fingerprint density at radius 3 is 2.96 bits per heavy atom.